The molecule has 10 nitrogen and oxygen atoms in total. The zero-order chi connectivity index (χ0) is 23.8. The second-order valence-corrected chi connectivity index (χ2v) is 10.3. The van der Waals surface area contributed by atoms with Gasteiger partial charge in [0.25, 0.3) is 0 Å². The highest BCUT2D eigenvalue weighted by atomic mass is 32.2. The molecule has 0 atom stereocenters. The highest BCUT2D eigenvalue weighted by Crippen LogP contribution is 2.36. The van der Waals surface area contributed by atoms with Gasteiger partial charge < -0.3 is 15.4 Å². The van der Waals surface area contributed by atoms with Crippen LogP contribution in [0.1, 0.15) is 39.7 Å². The number of ether oxygens (including phenoxy) is 1. The van der Waals surface area contributed by atoms with Gasteiger partial charge in [-0.25, -0.2) is 18.4 Å². The van der Waals surface area contributed by atoms with Crippen LogP contribution in [-0.4, -0.2) is 46.4 Å². The van der Waals surface area contributed by atoms with Crippen molar-refractivity contribution in [3.05, 3.63) is 36.7 Å². The number of rotatable bonds is 8. The number of anilines is 3. The van der Waals surface area contributed by atoms with Crippen molar-refractivity contribution in [2.75, 3.05) is 16.9 Å². The summed E-state index contributed by atoms with van der Waals surface area (Å²) in [5, 5.41) is 10.4. The smallest absolute Gasteiger partial charge is 0.222 e. The monoisotopic (exact) mass is 470 g/mol. The zero-order valence-electron chi connectivity index (χ0n) is 18.9. The van der Waals surface area contributed by atoms with E-state index in [1.807, 2.05) is 30.8 Å². The van der Waals surface area contributed by atoms with Crippen LogP contribution >= 0.6 is 0 Å². The van der Waals surface area contributed by atoms with Gasteiger partial charge in [-0.15, -0.1) is 0 Å². The first-order chi connectivity index (χ1) is 15.6. The Morgan fingerprint density at radius 2 is 1.97 bits per heavy atom. The van der Waals surface area contributed by atoms with E-state index in [0.29, 0.717) is 34.6 Å². The molecule has 1 amide bonds. The topological polar surface area (TPSA) is 128 Å². The molecular formula is C22H26N6O4S. The summed E-state index contributed by atoms with van der Waals surface area (Å²) in [6.45, 7) is 5.10. The molecule has 3 heterocycles. The summed E-state index contributed by atoms with van der Waals surface area (Å²) < 4.78 is 32.0. The Balaban J connectivity index is 1.77. The highest BCUT2D eigenvalue weighted by molar-refractivity contribution is 7.90. The molecule has 0 aliphatic heterocycles. The number of aromatic nitrogens is 4. The van der Waals surface area contributed by atoms with Gasteiger partial charge in [-0.2, -0.15) is 5.10 Å². The lowest BCUT2D eigenvalue weighted by atomic mass is 10.1. The number of hydrogen-bond acceptors (Lipinski definition) is 8. The molecule has 1 aliphatic rings. The number of carbonyl (C=O) groups is 1. The second kappa shape index (κ2) is 8.81. The summed E-state index contributed by atoms with van der Waals surface area (Å²) in [5.74, 6) is 0.729. The van der Waals surface area contributed by atoms with Gasteiger partial charge in [0.2, 0.25) is 5.91 Å². The van der Waals surface area contributed by atoms with Crippen LogP contribution in [0.5, 0.6) is 5.75 Å². The van der Waals surface area contributed by atoms with Crippen molar-refractivity contribution in [3.63, 3.8) is 0 Å². The lowest BCUT2D eigenvalue weighted by Crippen LogP contribution is -2.10. The first-order valence-corrected chi connectivity index (χ1v) is 12.5. The normalized spacial score (nSPS) is 13.7. The maximum atomic E-state index is 12.2. The minimum Gasteiger partial charge on any atom is -0.491 e. The Hall–Kier alpha value is -3.47. The van der Waals surface area contributed by atoms with Crippen LogP contribution in [0.3, 0.4) is 0 Å². The first kappa shape index (κ1) is 22.7. The molecular weight excluding hydrogens is 444 g/mol. The van der Waals surface area contributed by atoms with E-state index in [0.717, 1.165) is 19.1 Å². The van der Waals surface area contributed by atoms with E-state index < -0.39 is 9.84 Å². The molecule has 3 aromatic rings. The van der Waals surface area contributed by atoms with Crippen molar-refractivity contribution >= 4 is 33.1 Å². The van der Waals surface area contributed by atoms with Crippen LogP contribution in [0.25, 0.3) is 11.3 Å². The summed E-state index contributed by atoms with van der Waals surface area (Å²) in [7, 11) is -3.58. The minimum atomic E-state index is -3.58. The summed E-state index contributed by atoms with van der Waals surface area (Å²) in [5.41, 5.74) is 1.94. The quantitative estimate of drug-likeness (QED) is 0.511. The van der Waals surface area contributed by atoms with Crippen LogP contribution in [0.4, 0.5) is 17.3 Å². The fourth-order valence-corrected chi connectivity index (χ4v) is 3.84. The van der Waals surface area contributed by atoms with Crippen LogP contribution in [0, 0.1) is 0 Å². The van der Waals surface area contributed by atoms with E-state index in [1.165, 1.54) is 13.0 Å². The van der Waals surface area contributed by atoms with Gasteiger partial charge in [-0.05, 0) is 32.8 Å². The van der Waals surface area contributed by atoms with E-state index >= 15 is 0 Å². The number of sulfone groups is 1. The predicted octanol–water partition coefficient (Wildman–Crippen LogP) is 3.57. The molecule has 0 spiro atoms. The van der Waals surface area contributed by atoms with Crippen molar-refractivity contribution in [2.24, 2.45) is 0 Å². The third kappa shape index (κ3) is 5.67. The van der Waals surface area contributed by atoms with E-state index in [1.54, 1.807) is 18.3 Å². The van der Waals surface area contributed by atoms with Gasteiger partial charge in [0, 0.05) is 49.3 Å². The molecule has 174 valence electrons. The maximum Gasteiger partial charge on any atom is 0.222 e. The standard InChI is InChI=1S/C22H26N6O4S/c1-13(2)32-16-9-21(26-22(10-16)33(4,30)31)25-19-11-20(24-14(3)29)23-12-17(19)18-7-8-28(27-18)15-5-6-15/h7-13,15H,5-6H2,1-4H3,(H2,23,24,25,26,29). The van der Waals surface area contributed by atoms with Crippen molar-refractivity contribution in [3.8, 4) is 17.0 Å². The maximum absolute atomic E-state index is 12.2. The lowest BCUT2D eigenvalue weighted by Gasteiger charge is -2.15. The Labute approximate surface area is 192 Å². The molecule has 3 aromatic heterocycles. The molecule has 1 aliphatic carbocycles. The van der Waals surface area contributed by atoms with Crippen LogP contribution in [0.15, 0.2) is 41.7 Å². The fourth-order valence-electron chi connectivity index (χ4n) is 3.25. The Kier molecular flexibility index (Phi) is 6.07. The number of nitrogens with one attached hydrogen (secondary N) is 2. The molecule has 0 bridgehead atoms. The van der Waals surface area contributed by atoms with Crippen LogP contribution in [0.2, 0.25) is 0 Å². The van der Waals surface area contributed by atoms with Crippen LogP contribution in [-0.2, 0) is 14.6 Å². The van der Waals surface area contributed by atoms with Gasteiger partial charge in [-0.1, -0.05) is 0 Å². The largest absolute Gasteiger partial charge is 0.491 e. The number of carbonyl (C=O) groups excluding carboxylic acids is 1. The number of hydrogen-bond donors (Lipinski definition) is 2. The van der Waals surface area contributed by atoms with Gasteiger partial charge in [0.1, 0.15) is 17.4 Å². The van der Waals surface area contributed by atoms with Gasteiger partial charge in [0.15, 0.2) is 14.9 Å². The Bertz CT molecular complexity index is 1300. The van der Waals surface area contributed by atoms with Crippen molar-refractivity contribution in [1.29, 1.82) is 0 Å². The molecule has 0 aromatic carbocycles. The summed E-state index contributed by atoms with van der Waals surface area (Å²) >= 11 is 0. The minimum absolute atomic E-state index is 0.112. The molecule has 0 radical (unpaired) electrons. The van der Waals surface area contributed by atoms with E-state index in [4.69, 9.17) is 4.74 Å². The predicted molar refractivity (Wildman–Crippen MR) is 124 cm³/mol. The molecule has 0 saturated heterocycles. The highest BCUT2D eigenvalue weighted by Gasteiger charge is 2.25. The van der Waals surface area contributed by atoms with Gasteiger partial charge in [-0.3, -0.25) is 9.48 Å². The summed E-state index contributed by atoms with van der Waals surface area (Å²) in [6.07, 6.45) is 6.69. The molecule has 2 N–H and O–H groups in total. The second-order valence-electron chi connectivity index (χ2n) is 8.30. The van der Waals surface area contributed by atoms with Gasteiger partial charge >= 0.3 is 0 Å². The number of amides is 1. The summed E-state index contributed by atoms with van der Waals surface area (Å²) in [4.78, 5) is 20.1. The molecule has 33 heavy (non-hydrogen) atoms. The third-order valence-electron chi connectivity index (χ3n) is 4.80. The first-order valence-electron chi connectivity index (χ1n) is 10.6. The number of nitrogens with zero attached hydrogens (tertiary/aromatic N) is 4. The van der Waals surface area contributed by atoms with E-state index in [-0.39, 0.29) is 22.9 Å². The third-order valence-corrected chi connectivity index (χ3v) is 5.77. The molecule has 1 fully saturated rings. The Morgan fingerprint density at radius 3 is 2.61 bits per heavy atom. The Morgan fingerprint density at radius 1 is 1.21 bits per heavy atom. The fraction of sp³-hybridized carbons (Fsp3) is 0.364. The summed E-state index contributed by atoms with van der Waals surface area (Å²) in [6, 6.07) is 7.00. The molecule has 1 saturated carbocycles. The molecule has 11 heteroatoms. The van der Waals surface area contributed by atoms with Gasteiger partial charge in [0.05, 0.1) is 23.5 Å². The van der Waals surface area contributed by atoms with E-state index in [9.17, 15) is 13.2 Å². The zero-order valence-corrected chi connectivity index (χ0v) is 19.7. The number of pyridine rings is 2. The lowest BCUT2D eigenvalue weighted by molar-refractivity contribution is -0.114. The average Bonchev–Trinajstić information content (AvgIpc) is 3.44. The van der Waals surface area contributed by atoms with Crippen LogP contribution < -0.4 is 15.4 Å². The van der Waals surface area contributed by atoms with E-state index in [2.05, 4.69) is 25.7 Å². The van der Waals surface area contributed by atoms with Crippen molar-refractivity contribution in [2.45, 2.75) is 50.8 Å². The van der Waals surface area contributed by atoms with Crippen molar-refractivity contribution < 1.29 is 17.9 Å². The average molecular weight is 471 g/mol. The SMILES string of the molecule is CC(=O)Nc1cc(Nc2cc(OC(C)C)cc(S(C)(=O)=O)n2)c(-c2ccn(C3CC3)n2)cn1. The molecule has 4 rings (SSSR count). The van der Waals surface area contributed by atoms with Crippen molar-refractivity contribution in [1.82, 2.24) is 19.7 Å². The molecule has 0 unspecified atom stereocenters.